The molecule has 0 atom stereocenters. The topological polar surface area (TPSA) is 79.8 Å². The van der Waals surface area contributed by atoms with Crippen molar-refractivity contribution in [1.82, 2.24) is 18.9 Å². The van der Waals surface area contributed by atoms with Crippen LogP contribution in [0.3, 0.4) is 0 Å². The molecule has 0 saturated heterocycles. The second-order valence-corrected chi connectivity index (χ2v) is 2.71. The van der Waals surface area contributed by atoms with Crippen LogP contribution in [-0.4, -0.2) is 18.9 Å². The predicted molar refractivity (Wildman–Crippen MR) is 43.5 cm³/mol. The molecule has 0 amide bonds. The number of fused-ring (bicyclic) bond motifs is 1. The van der Waals surface area contributed by atoms with E-state index in [1.807, 2.05) is 0 Å². The standard InChI is InChI=1S/C5H4N6S/c6-10-12-11-3-9-4-1-7-2-8-5(4)11/h1-3,6H. The highest BCUT2D eigenvalue weighted by molar-refractivity contribution is 7.96. The third-order valence-electron chi connectivity index (χ3n) is 1.31. The Kier molecular flexibility index (Phi) is 1.71. The van der Waals surface area contributed by atoms with Gasteiger partial charge in [0.25, 0.3) is 0 Å². The lowest BCUT2D eigenvalue weighted by Crippen LogP contribution is -1.84. The SMILES string of the molecule is N=NSn1cnc2cncnc21. The van der Waals surface area contributed by atoms with Gasteiger partial charge in [-0.15, -0.1) is 4.52 Å². The molecule has 0 bridgehead atoms. The van der Waals surface area contributed by atoms with Crippen LogP contribution >= 0.6 is 12.1 Å². The van der Waals surface area contributed by atoms with Crippen LogP contribution in [-0.2, 0) is 0 Å². The minimum Gasteiger partial charge on any atom is -0.242 e. The Bertz CT molecular complexity index is 409. The van der Waals surface area contributed by atoms with Crippen LogP contribution in [0.25, 0.3) is 11.2 Å². The van der Waals surface area contributed by atoms with Gasteiger partial charge in [-0.2, -0.15) is 5.53 Å². The van der Waals surface area contributed by atoms with Crippen molar-refractivity contribution in [2.24, 2.45) is 4.52 Å². The van der Waals surface area contributed by atoms with Crippen molar-refractivity contribution in [2.75, 3.05) is 0 Å². The molecular formula is C5H4N6S. The van der Waals surface area contributed by atoms with E-state index in [2.05, 4.69) is 19.5 Å². The van der Waals surface area contributed by atoms with Gasteiger partial charge in [0.1, 0.15) is 30.3 Å². The monoisotopic (exact) mass is 180 g/mol. The summed E-state index contributed by atoms with van der Waals surface area (Å²) in [7, 11) is 0. The third-order valence-corrected chi connectivity index (χ3v) is 1.84. The molecule has 12 heavy (non-hydrogen) atoms. The van der Waals surface area contributed by atoms with E-state index in [4.69, 9.17) is 5.53 Å². The van der Waals surface area contributed by atoms with Crippen molar-refractivity contribution in [3.63, 3.8) is 0 Å². The van der Waals surface area contributed by atoms with Crippen LogP contribution in [0.4, 0.5) is 0 Å². The smallest absolute Gasteiger partial charge is 0.174 e. The number of aromatic nitrogens is 4. The number of imidazole rings is 1. The quantitative estimate of drug-likeness (QED) is 0.557. The molecule has 2 aromatic rings. The first-order valence-electron chi connectivity index (χ1n) is 3.09. The van der Waals surface area contributed by atoms with Crippen LogP contribution in [0.1, 0.15) is 0 Å². The molecule has 0 aliphatic carbocycles. The Balaban J connectivity index is 2.62. The number of nitrogens with one attached hydrogen (secondary N) is 1. The van der Waals surface area contributed by atoms with E-state index in [1.165, 1.54) is 6.33 Å². The Morgan fingerprint density at radius 3 is 3.25 bits per heavy atom. The third kappa shape index (κ3) is 1.03. The number of nitrogens with zero attached hydrogens (tertiary/aromatic N) is 5. The van der Waals surface area contributed by atoms with Crippen molar-refractivity contribution in [2.45, 2.75) is 0 Å². The molecule has 2 heterocycles. The zero-order chi connectivity index (χ0) is 8.39. The predicted octanol–water partition coefficient (Wildman–Crippen LogP) is 1.27. The molecular weight excluding hydrogens is 176 g/mol. The molecule has 0 aliphatic heterocycles. The Labute approximate surface area is 71.8 Å². The van der Waals surface area contributed by atoms with Crippen molar-refractivity contribution < 1.29 is 0 Å². The molecule has 2 rings (SSSR count). The molecule has 6 nitrogen and oxygen atoms in total. The summed E-state index contributed by atoms with van der Waals surface area (Å²) in [6, 6.07) is 0. The van der Waals surface area contributed by atoms with Crippen LogP contribution in [0.5, 0.6) is 0 Å². The van der Waals surface area contributed by atoms with Gasteiger partial charge in [0.05, 0.1) is 6.20 Å². The lowest BCUT2D eigenvalue weighted by Gasteiger charge is -1.91. The molecule has 0 aromatic carbocycles. The Morgan fingerprint density at radius 2 is 2.42 bits per heavy atom. The number of hydrogen-bond donors (Lipinski definition) is 1. The highest BCUT2D eigenvalue weighted by Gasteiger charge is 2.02. The molecule has 7 heteroatoms. The van der Waals surface area contributed by atoms with E-state index in [0.717, 1.165) is 12.1 Å². The van der Waals surface area contributed by atoms with Crippen LogP contribution in [0.15, 0.2) is 23.4 Å². The fraction of sp³-hybridized carbons (Fsp3) is 0. The van der Waals surface area contributed by atoms with Crippen molar-refractivity contribution in [3.05, 3.63) is 18.9 Å². The average Bonchev–Trinajstić information content (AvgIpc) is 2.50. The summed E-state index contributed by atoms with van der Waals surface area (Å²) in [5.74, 6) is 0. The van der Waals surface area contributed by atoms with Gasteiger partial charge in [0, 0.05) is 0 Å². The van der Waals surface area contributed by atoms with Gasteiger partial charge in [0.2, 0.25) is 0 Å². The summed E-state index contributed by atoms with van der Waals surface area (Å²) in [4.78, 5) is 11.8. The van der Waals surface area contributed by atoms with Gasteiger partial charge < -0.3 is 0 Å². The second kappa shape index (κ2) is 2.86. The summed E-state index contributed by atoms with van der Waals surface area (Å²) in [6.07, 6.45) is 4.61. The van der Waals surface area contributed by atoms with Gasteiger partial charge in [-0.1, -0.05) is 0 Å². The molecule has 0 saturated carbocycles. The zero-order valence-electron chi connectivity index (χ0n) is 5.88. The van der Waals surface area contributed by atoms with E-state index in [-0.39, 0.29) is 0 Å². The van der Waals surface area contributed by atoms with E-state index in [0.29, 0.717) is 11.2 Å². The van der Waals surface area contributed by atoms with Gasteiger partial charge in [0.15, 0.2) is 5.65 Å². The molecule has 60 valence electrons. The summed E-state index contributed by atoms with van der Waals surface area (Å²) in [5.41, 5.74) is 8.02. The molecule has 2 aromatic heterocycles. The normalized spacial score (nSPS) is 10.3. The Hall–Kier alpha value is -1.50. The maximum Gasteiger partial charge on any atom is 0.174 e. The molecule has 0 radical (unpaired) electrons. The average molecular weight is 180 g/mol. The zero-order valence-corrected chi connectivity index (χ0v) is 6.69. The van der Waals surface area contributed by atoms with E-state index in [1.54, 1.807) is 16.5 Å². The summed E-state index contributed by atoms with van der Waals surface area (Å²) < 4.78 is 4.76. The van der Waals surface area contributed by atoms with Crippen LogP contribution in [0, 0.1) is 5.53 Å². The fourth-order valence-electron chi connectivity index (χ4n) is 0.850. The van der Waals surface area contributed by atoms with Crippen molar-refractivity contribution in [1.29, 1.82) is 5.53 Å². The first-order valence-corrected chi connectivity index (χ1v) is 3.82. The van der Waals surface area contributed by atoms with Gasteiger partial charge in [-0.25, -0.2) is 18.9 Å². The number of hydrogen-bond acceptors (Lipinski definition) is 6. The lowest BCUT2D eigenvalue weighted by atomic mass is 10.6. The van der Waals surface area contributed by atoms with Crippen molar-refractivity contribution >= 4 is 23.3 Å². The van der Waals surface area contributed by atoms with Crippen LogP contribution < -0.4 is 0 Å². The van der Waals surface area contributed by atoms with E-state index >= 15 is 0 Å². The number of rotatable bonds is 2. The highest BCUT2D eigenvalue weighted by atomic mass is 32.2. The maximum atomic E-state index is 6.65. The summed E-state index contributed by atoms with van der Waals surface area (Å²) in [5, 5.41) is 0. The Morgan fingerprint density at radius 1 is 1.50 bits per heavy atom. The second-order valence-electron chi connectivity index (χ2n) is 1.97. The minimum absolute atomic E-state index is 0.672. The lowest BCUT2D eigenvalue weighted by molar-refractivity contribution is 1.16. The summed E-state index contributed by atoms with van der Waals surface area (Å²) in [6.45, 7) is 0. The first kappa shape index (κ1) is 7.17. The minimum atomic E-state index is 0.672. The molecule has 0 fully saturated rings. The van der Waals surface area contributed by atoms with E-state index < -0.39 is 0 Å². The van der Waals surface area contributed by atoms with Gasteiger partial charge in [-0.3, -0.25) is 0 Å². The van der Waals surface area contributed by atoms with E-state index in [9.17, 15) is 0 Å². The first-order chi connectivity index (χ1) is 5.92. The van der Waals surface area contributed by atoms with Gasteiger partial charge in [-0.05, 0) is 0 Å². The fourth-order valence-corrected chi connectivity index (χ4v) is 1.25. The maximum absolute atomic E-state index is 6.65. The molecule has 0 unspecified atom stereocenters. The highest BCUT2D eigenvalue weighted by Crippen LogP contribution is 2.14. The molecule has 0 spiro atoms. The molecule has 0 aliphatic rings. The van der Waals surface area contributed by atoms with Crippen LogP contribution in [0.2, 0.25) is 0 Å². The van der Waals surface area contributed by atoms with Gasteiger partial charge >= 0.3 is 0 Å². The molecule has 1 N–H and O–H groups in total. The van der Waals surface area contributed by atoms with Crippen molar-refractivity contribution in [3.8, 4) is 0 Å². The largest absolute Gasteiger partial charge is 0.242 e. The summed E-state index contributed by atoms with van der Waals surface area (Å²) >= 11 is 0.967.